The van der Waals surface area contributed by atoms with E-state index in [1.807, 2.05) is 0 Å². The molecule has 0 amide bonds. The van der Waals surface area contributed by atoms with E-state index in [1.165, 1.54) is 0 Å². The first-order chi connectivity index (χ1) is 2.89. The van der Waals surface area contributed by atoms with Gasteiger partial charge in [0.15, 0.2) is 0 Å². The summed E-state index contributed by atoms with van der Waals surface area (Å²) in [6.45, 7) is 0. The third-order valence-electron chi connectivity index (χ3n) is 0.498. The molecule has 1 heterocycles. The molecule has 1 aromatic rings. The van der Waals surface area contributed by atoms with Gasteiger partial charge < -0.3 is 4.98 Å². The number of aromatic amines is 1. The fourth-order valence-electron chi connectivity index (χ4n) is 0.256. The van der Waals surface area contributed by atoms with Crippen molar-refractivity contribution in [2.45, 2.75) is 5.03 Å². The van der Waals surface area contributed by atoms with Gasteiger partial charge in [-0.2, -0.15) is 0 Å². The van der Waals surface area contributed by atoms with E-state index in [-0.39, 0.29) is 0 Å². The normalized spacial score (nSPS) is 8.83. The summed E-state index contributed by atoms with van der Waals surface area (Å²) in [6.07, 6.45) is 3.30. The highest BCUT2D eigenvalue weighted by molar-refractivity contribution is 7.58. The van der Waals surface area contributed by atoms with Crippen LogP contribution in [-0.4, -0.2) is 9.97 Å². The van der Waals surface area contributed by atoms with Gasteiger partial charge in [-0.3, -0.25) is 0 Å². The minimum absolute atomic E-state index is 0.912. The molecule has 1 aromatic heterocycles. The minimum atomic E-state index is 0.912. The number of nitrogens with one attached hydrogen (secondary N) is 1. The Bertz CT molecular complexity index is 112. The summed E-state index contributed by atoms with van der Waals surface area (Å²) < 4.78 is 0. The molecule has 0 bridgehead atoms. The molecule has 0 saturated heterocycles. The van der Waals surface area contributed by atoms with Crippen molar-refractivity contribution in [2.24, 2.45) is 0 Å². The van der Waals surface area contributed by atoms with E-state index >= 15 is 0 Å². The molecule has 32 valence electrons. The smallest absolute Gasteiger partial charge is 0.239 e. The Labute approximate surface area is 41.0 Å². The van der Waals surface area contributed by atoms with Gasteiger partial charge in [0.25, 0.3) is 0 Å². The molecule has 0 aliphatic carbocycles. The zero-order valence-electron chi connectivity index (χ0n) is 3.10. The number of imidazole rings is 1. The quantitative estimate of drug-likeness (QED) is 0.450. The van der Waals surface area contributed by atoms with E-state index in [1.54, 1.807) is 12.5 Å². The molecule has 3 heteroatoms. The Balaban J connectivity index is 3.05. The highest BCUT2D eigenvalue weighted by Gasteiger charge is 1.83. The van der Waals surface area contributed by atoms with Crippen molar-refractivity contribution >= 4 is 12.6 Å². The van der Waals surface area contributed by atoms with E-state index in [4.69, 9.17) is 0 Å². The van der Waals surface area contributed by atoms with Crippen molar-refractivity contribution in [2.75, 3.05) is 0 Å². The molecule has 0 aromatic carbocycles. The summed E-state index contributed by atoms with van der Waals surface area (Å²) in [5.74, 6) is 0. The summed E-state index contributed by atoms with van der Waals surface area (Å²) in [7, 11) is 0. The number of H-pyrrole nitrogens is 1. The Hall–Kier alpha value is -0.440. The van der Waals surface area contributed by atoms with Crippen LogP contribution >= 0.6 is 0 Å². The van der Waals surface area contributed by atoms with Crippen LogP contribution < -0.4 is 0 Å². The Morgan fingerprint density at radius 1 is 1.83 bits per heavy atom. The second-order valence-corrected chi connectivity index (χ2v) is 1.50. The highest BCUT2D eigenvalue weighted by atomic mass is 32.1. The molecular weight excluding hydrogens is 96.1 g/mol. The van der Waals surface area contributed by atoms with Gasteiger partial charge in [0.2, 0.25) is 5.03 Å². The van der Waals surface area contributed by atoms with Crippen LogP contribution in [0.15, 0.2) is 17.6 Å². The van der Waals surface area contributed by atoms with Gasteiger partial charge in [0.1, 0.15) is 6.20 Å². The molecule has 1 N–H and O–H groups in total. The first-order valence-corrected chi connectivity index (χ1v) is 2.09. The third kappa shape index (κ3) is 0.542. The van der Waals surface area contributed by atoms with Gasteiger partial charge in [0, 0.05) is 12.6 Å². The topological polar surface area (TPSA) is 28.7 Å². The number of rotatable bonds is 0. The van der Waals surface area contributed by atoms with Crippen molar-refractivity contribution in [3.8, 4) is 0 Å². The monoisotopic (exact) mass is 101 g/mol. The molecule has 0 saturated carbocycles. The molecule has 0 atom stereocenters. The van der Waals surface area contributed by atoms with Gasteiger partial charge in [0.05, 0.1) is 6.33 Å². The number of hydrogen-bond acceptors (Lipinski definition) is 1. The van der Waals surface area contributed by atoms with Gasteiger partial charge in [-0.1, -0.05) is 0 Å². The van der Waals surface area contributed by atoms with Crippen LogP contribution in [0.2, 0.25) is 0 Å². The largest absolute Gasteiger partial charge is 0.306 e. The molecule has 0 spiro atoms. The Morgan fingerprint density at radius 3 is 2.83 bits per heavy atom. The summed E-state index contributed by atoms with van der Waals surface area (Å²) in [6, 6.07) is 0. The van der Waals surface area contributed by atoms with E-state index in [0.717, 1.165) is 5.03 Å². The zero-order chi connectivity index (χ0) is 4.41. The molecule has 0 fully saturated rings. The average Bonchev–Trinajstić information content (AvgIpc) is 1.86. The van der Waals surface area contributed by atoms with Gasteiger partial charge in [-0.05, 0) is 0 Å². The molecule has 0 unspecified atom stereocenters. The van der Waals surface area contributed by atoms with Crippen molar-refractivity contribution in [1.82, 2.24) is 9.97 Å². The van der Waals surface area contributed by atoms with Crippen molar-refractivity contribution in [3.63, 3.8) is 0 Å². The molecule has 1 rings (SSSR count). The molecule has 0 aliphatic heterocycles. The summed E-state index contributed by atoms with van der Waals surface area (Å²) >= 11 is 3.21. The first kappa shape index (κ1) is 3.74. The van der Waals surface area contributed by atoms with E-state index < -0.39 is 0 Å². The average molecular weight is 101 g/mol. The van der Waals surface area contributed by atoms with Crippen molar-refractivity contribution < 1.29 is 0 Å². The SMILES string of the molecule is [SH2+]c1cnc[nH]1. The predicted octanol–water partition coefficient (Wildman–Crippen LogP) is -0.220. The van der Waals surface area contributed by atoms with Crippen LogP contribution in [0.4, 0.5) is 0 Å². The molecule has 0 radical (unpaired) electrons. The van der Waals surface area contributed by atoms with Crippen LogP contribution in [0.5, 0.6) is 0 Å². The maximum absolute atomic E-state index is 3.72. The van der Waals surface area contributed by atoms with Gasteiger partial charge in [-0.25, -0.2) is 4.98 Å². The minimum Gasteiger partial charge on any atom is -0.306 e. The number of aromatic nitrogens is 2. The maximum atomic E-state index is 3.72. The molecular formula is C3H5N2S+. The number of nitrogens with zero attached hydrogens (tertiary/aromatic N) is 1. The lowest BCUT2D eigenvalue weighted by Crippen LogP contribution is -1.58. The Morgan fingerprint density at radius 2 is 2.67 bits per heavy atom. The van der Waals surface area contributed by atoms with Crippen LogP contribution in [0.1, 0.15) is 0 Å². The number of hydrogen-bond donors (Lipinski definition) is 1. The van der Waals surface area contributed by atoms with Crippen molar-refractivity contribution in [3.05, 3.63) is 12.5 Å². The van der Waals surface area contributed by atoms with E-state index in [9.17, 15) is 0 Å². The zero-order valence-corrected chi connectivity index (χ0v) is 4.10. The molecule has 2 nitrogen and oxygen atoms in total. The Kier molecular flexibility index (Phi) is 0.837. The summed E-state index contributed by atoms with van der Waals surface area (Å²) in [4.78, 5) is 6.52. The lowest BCUT2D eigenvalue weighted by atomic mass is 11.0. The van der Waals surface area contributed by atoms with Crippen LogP contribution in [-0.2, 0) is 12.6 Å². The van der Waals surface area contributed by atoms with E-state index in [0.29, 0.717) is 0 Å². The second kappa shape index (κ2) is 1.34. The lowest BCUT2D eigenvalue weighted by molar-refractivity contribution is 1.21. The second-order valence-electron chi connectivity index (χ2n) is 0.965. The fraction of sp³-hybridized carbons (Fsp3) is 0. The maximum Gasteiger partial charge on any atom is 0.239 e. The standard InChI is InChI=1S/C3H4N2S/c6-3-1-4-2-5-3/h1-2,6H,(H,4,5)/p+1. The van der Waals surface area contributed by atoms with Crippen LogP contribution in [0.25, 0.3) is 0 Å². The first-order valence-electron chi connectivity index (χ1n) is 1.59. The van der Waals surface area contributed by atoms with Crippen LogP contribution in [0, 0.1) is 0 Å². The molecule has 0 aliphatic rings. The van der Waals surface area contributed by atoms with Gasteiger partial charge in [-0.15, -0.1) is 0 Å². The van der Waals surface area contributed by atoms with Gasteiger partial charge >= 0.3 is 0 Å². The van der Waals surface area contributed by atoms with E-state index in [2.05, 4.69) is 22.6 Å². The predicted molar refractivity (Wildman–Crippen MR) is 27.0 cm³/mol. The highest BCUT2D eigenvalue weighted by Crippen LogP contribution is 1.81. The van der Waals surface area contributed by atoms with Crippen molar-refractivity contribution in [1.29, 1.82) is 0 Å². The lowest BCUT2D eigenvalue weighted by Gasteiger charge is -1.57. The summed E-state index contributed by atoms with van der Waals surface area (Å²) in [5.41, 5.74) is 0. The summed E-state index contributed by atoms with van der Waals surface area (Å²) in [5, 5.41) is 0.912. The fourth-order valence-corrected chi connectivity index (χ4v) is 0.395. The molecule has 6 heavy (non-hydrogen) atoms. The third-order valence-corrected chi connectivity index (χ3v) is 0.772. The van der Waals surface area contributed by atoms with Crippen LogP contribution in [0.3, 0.4) is 0 Å².